The van der Waals surface area contributed by atoms with Crippen molar-refractivity contribution in [2.45, 2.75) is 39.8 Å². The molecule has 0 amide bonds. The van der Waals surface area contributed by atoms with Crippen molar-refractivity contribution >= 4 is 17.0 Å². The predicted octanol–water partition coefficient (Wildman–Crippen LogP) is 3.21. The third kappa shape index (κ3) is 3.25. The van der Waals surface area contributed by atoms with Crippen molar-refractivity contribution < 1.29 is 0 Å². The molecule has 0 bridgehead atoms. The maximum Gasteiger partial charge on any atom is 0.258 e. The van der Waals surface area contributed by atoms with Crippen LogP contribution in [0.25, 0.3) is 5.65 Å². The Balaban J connectivity index is 1.84. The van der Waals surface area contributed by atoms with Crippen LogP contribution in [0.15, 0.2) is 35.3 Å². The van der Waals surface area contributed by atoms with Gasteiger partial charge in [0.1, 0.15) is 5.65 Å². The first-order valence-corrected chi connectivity index (χ1v) is 8.95. The van der Waals surface area contributed by atoms with Crippen molar-refractivity contribution in [3.8, 4) is 0 Å². The summed E-state index contributed by atoms with van der Waals surface area (Å²) >= 11 is 1.77. The Morgan fingerprint density at radius 3 is 2.83 bits per heavy atom. The highest BCUT2D eigenvalue weighted by molar-refractivity contribution is 7.11. The standard InChI is InChI=1S/C18H22N4OS/c1-5-16-19-12(2)18(24-16)13(3)21(4)11-14-10-17(23)22-9-7-6-8-15(22)20-14/h6-10,13H,5,11H2,1-4H3. The number of hydrogen-bond acceptors (Lipinski definition) is 5. The summed E-state index contributed by atoms with van der Waals surface area (Å²) in [4.78, 5) is 24.9. The Morgan fingerprint density at radius 2 is 2.12 bits per heavy atom. The minimum absolute atomic E-state index is 0.0427. The second-order valence-electron chi connectivity index (χ2n) is 6.02. The molecule has 3 rings (SSSR count). The van der Waals surface area contributed by atoms with Crippen LogP contribution in [-0.2, 0) is 13.0 Å². The zero-order valence-corrected chi connectivity index (χ0v) is 15.3. The lowest BCUT2D eigenvalue weighted by atomic mass is 10.2. The summed E-state index contributed by atoms with van der Waals surface area (Å²) in [5, 5.41) is 1.17. The first-order chi connectivity index (χ1) is 11.5. The molecule has 0 aliphatic rings. The summed E-state index contributed by atoms with van der Waals surface area (Å²) in [5.41, 5.74) is 2.53. The fourth-order valence-corrected chi connectivity index (χ4v) is 3.91. The maximum atomic E-state index is 12.2. The molecule has 5 nitrogen and oxygen atoms in total. The van der Waals surface area contributed by atoms with Crippen molar-refractivity contribution in [3.63, 3.8) is 0 Å². The fourth-order valence-electron chi connectivity index (χ4n) is 2.78. The summed E-state index contributed by atoms with van der Waals surface area (Å²) in [7, 11) is 2.06. The number of aryl methyl sites for hydroxylation is 2. The molecule has 24 heavy (non-hydrogen) atoms. The molecule has 0 aliphatic heterocycles. The van der Waals surface area contributed by atoms with Crippen molar-refractivity contribution in [2.75, 3.05) is 7.05 Å². The normalized spacial score (nSPS) is 12.9. The molecule has 6 heteroatoms. The van der Waals surface area contributed by atoms with Crippen molar-refractivity contribution in [1.82, 2.24) is 19.3 Å². The Bertz CT molecular complexity index is 915. The fraction of sp³-hybridized carbons (Fsp3) is 0.389. The number of rotatable bonds is 5. The Morgan fingerprint density at radius 1 is 1.33 bits per heavy atom. The first-order valence-electron chi connectivity index (χ1n) is 8.13. The van der Waals surface area contributed by atoms with Crippen molar-refractivity contribution in [3.05, 3.63) is 62.1 Å². The molecular weight excluding hydrogens is 320 g/mol. The van der Waals surface area contributed by atoms with Crippen molar-refractivity contribution in [1.29, 1.82) is 0 Å². The van der Waals surface area contributed by atoms with E-state index in [1.54, 1.807) is 28.0 Å². The van der Waals surface area contributed by atoms with Crippen LogP contribution in [-0.4, -0.2) is 26.3 Å². The predicted molar refractivity (Wildman–Crippen MR) is 97.6 cm³/mol. The summed E-state index contributed by atoms with van der Waals surface area (Å²) in [6, 6.07) is 7.44. The van der Waals surface area contributed by atoms with Gasteiger partial charge in [-0.15, -0.1) is 11.3 Å². The maximum absolute atomic E-state index is 12.2. The summed E-state index contributed by atoms with van der Waals surface area (Å²) < 4.78 is 1.56. The van der Waals surface area contributed by atoms with Crippen LogP contribution < -0.4 is 5.56 Å². The van der Waals surface area contributed by atoms with E-state index < -0.39 is 0 Å². The summed E-state index contributed by atoms with van der Waals surface area (Å²) in [6.45, 7) is 6.99. The topological polar surface area (TPSA) is 50.5 Å². The van der Waals surface area contributed by atoms with Crippen molar-refractivity contribution in [2.24, 2.45) is 0 Å². The minimum atomic E-state index is -0.0427. The number of aromatic nitrogens is 3. The van der Waals surface area contributed by atoms with Gasteiger partial charge in [-0.05, 0) is 39.4 Å². The molecule has 3 aromatic heterocycles. The van der Waals surface area contributed by atoms with Gasteiger partial charge in [-0.25, -0.2) is 9.97 Å². The van der Waals surface area contributed by atoms with E-state index >= 15 is 0 Å². The summed E-state index contributed by atoms with van der Waals surface area (Å²) in [5.74, 6) is 0. The Labute approximate surface area is 145 Å². The lowest BCUT2D eigenvalue weighted by Gasteiger charge is -2.23. The Kier molecular flexibility index (Phi) is 4.78. The second-order valence-corrected chi connectivity index (χ2v) is 7.13. The quantitative estimate of drug-likeness (QED) is 0.714. The van der Waals surface area contributed by atoms with Crippen LogP contribution in [0.4, 0.5) is 0 Å². The largest absolute Gasteiger partial charge is 0.293 e. The molecule has 0 saturated heterocycles. The zero-order valence-electron chi connectivity index (χ0n) is 14.5. The van der Waals surface area contributed by atoms with E-state index in [-0.39, 0.29) is 11.6 Å². The van der Waals surface area contributed by atoms with Crippen LogP contribution >= 0.6 is 11.3 Å². The highest BCUT2D eigenvalue weighted by Crippen LogP contribution is 2.29. The summed E-state index contributed by atoms with van der Waals surface area (Å²) in [6.07, 6.45) is 2.71. The highest BCUT2D eigenvalue weighted by atomic mass is 32.1. The third-order valence-electron chi connectivity index (χ3n) is 4.26. The molecule has 0 N–H and O–H groups in total. The molecule has 0 fully saturated rings. The number of thiazole rings is 1. The van der Waals surface area contributed by atoms with Crippen LogP contribution in [0.5, 0.6) is 0 Å². The van der Waals surface area contributed by atoms with E-state index in [0.717, 1.165) is 17.8 Å². The molecule has 0 aromatic carbocycles. The van der Waals surface area contributed by atoms with Gasteiger partial charge in [0.05, 0.1) is 16.4 Å². The monoisotopic (exact) mass is 342 g/mol. The first kappa shape index (κ1) is 16.8. The minimum Gasteiger partial charge on any atom is -0.293 e. The number of pyridine rings is 1. The molecule has 3 aromatic rings. The molecule has 0 radical (unpaired) electrons. The SMILES string of the molecule is CCc1nc(C)c(C(C)N(C)Cc2cc(=O)n3ccccc3n2)s1. The van der Waals surface area contributed by atoms with E-state index in [1.165, 1.54) is 9.88 Å². The second kappa shape index (κ2) is 6.83. The van der Waals surface area contributed by atoms with E-state index in [1.807, 2.05) is 18.2 Å². The highest BCUT2D eigenvalue weighted by Gasteiger charge is 2.18. The molecular formula is C18H22N4OS. The van der Waals surface area contributed by atoms with Crippen LogP contribution in [0.1, 0.15) is 41.2 Å². The molecule has 0 saturated carbocycles. The van der Waals surface area contributed by atoms with Crippen LogP contribution in [0.3, 0.4) is 0 Å². The Hall–Kier alpha value is -2.05. The van der Waals surface area contributed by atoms with E-state index in [4.69, 9.17) is 0 Å². The molecule has 3 heterocycles. The number of nitrogens with zero attached hydrogens (tertiary/aromatic N) is 4. The van der Waals surface area contributed by atoms with Gasteiger partial charge in [-0.1, -0.05) is 13.0 Å². The van der Waals surface area contributed by atoms with Crippen LogP contribution in [0, 0.1) is 6.92 Å². The zero-order chi connectivity index (χ0) is 17.3. The lowest BCUT2D eigenvalue weighted by Crippen LogP contribution is -2.24. The van der Waals surface area contributed by atoms with Gasteiger partial charge >= 0.3 is 0 Å². The molecule has 0 spiro atoms. The van der Waals surface area contributed by atoms with E-state index in [9.17, 15) is 4.79 Å². The molecule has 0 aliphatic carbocycles. The van der Waals surface area contributed by atoms with Gasteiger partial charge in [0.15, 0.2) is 0 Å². The molecule has 126 valence electrons. The average Bonchev–Trinajstić information content (AvgIpc) is 2.95. The van der Waals surface area contributed by atoms with Gasteiger partial charge in [0.25, 0.3) is 5.56 Å². The lowest BCUT2D eigenvalue weighted by molar-refractivity contribution is 0.252. The third-order valence-corrected chi connectivity index (χ3v) is 5.73. The van der Waals surface area contributed by atoms with Crippen LogP contribution in [0.2, 0.25) is 0 Å². The van der Waals surface area contributed by atoms with Gasteiger partial charge in [0, 0.05) is 29.7 Å². The van der Waals surface area contributed by atoms with Gasteiger partial charge < -0.3 is 0 Å². The number of fused-ring (bicyclic) bond motifs is 1. The molecule has 1 unspecified atom stereocenters. The number of hydrogen-bond donors (Lipinski definition) is 0. The van der Waals surface area contributed by atoms with E-state index in [2.05, 4.69) is 42.7 Å². The van der Waals surface area contributed by atoms with Gasteiger partial charge in [-0.2, -0.15) is 0 Å². The van der Waals surface area contributed by atoms with E-state index in [0.29, 0.717) is 12.2 Å². The molecule has 1 atom stereocenters. The van der Waals surface area contributed by atoms with Gasteiger partial charge in [0.2, 0.25) is 0 Å². The average molecular weight is 342 g/mol. The van der Waals surface area contributed by atoms with Gasteiger partial charge in [-0.3, -0.25) is 14.1 Å². The smallest absolute Gasteiger partial charge is 0.258 e.